The van der Waals surface area contributed by atoms with Gasteiger partial charge in [-0.15, -0.1) is 0 Å². The Hall–Kier alpha value is -6.26. The summed E-state index contributed by atoms with van der Waals surface area (Å²) < 4.78 is 66.6. The molecule has 3 N–H and O–H groups in total. The van der Waals surface area contributed by atoms with E-state index in [-0.39, 0.29) is 17.8 Å². The molecule has 2 aromatic heterocycles. The van der Waals surface area contributed by atoms with Crippen LogP contribution in [0.5, 0.6) is 11.5 Å². The largest absolute Gasteiger partial charge is 0.496 e. The number of hydrogen-bond acceptors (Lipinski definition) is 8. The number of methoxy groups -OCH3 is 2. The van der Waals surface area contributed by atoms with E-state index >= 15 is 8.78 Å². The summed E-state index contributed by atoms with van der Waals surface area (Å²) in [7, 11) is 3.05. The van der Waals surface area contributed by atoms with Crippen LogP contribution in [-0.4, -0.2) is 65.8 Å². The lowest BCUT2D eigenvalue weighted by Crippen LogP contribution is -2.43. The number of pyridine rings is 1. The van der Waals surface area contributed by atoms with Gasteiger partial charge in [-0.25, -0.2) is 31.8 Å². The van der Waals surface area contributed by atoms with Crippen molar-refractivity contribution >= 4 is 45.3 Å². The number of nitrogens with zero attached hydrogens (tertiary/aromatic N) is 5. The molecule has 16 heteroatoms. The first-order valence-electron chi connectivity index (χ1n) is 15.1. The Kier molecular flexibility index (Phi) is 9.97. The van der Waals surface area contributed by atoms with Crippen molar-refractivity contribution in [1.29, 1.82) is 0 Å². The molecule has 0 aliphatic rings. The highest BCUT2D eigenvalue weighted by molar-refractivity contribution is 7.81. The van der Waals surface area contributed by atoms with Crippen molar-refractivity contribution < 1.29 is 41.7 Å². The summed E-state index contributed by atoms with van der Waals surface area (Å²) in [6.45, 7) is 0. The van der Waals surface area contributed by atoms with Crippen molar-refractivity contribution in [2.75, 3.05) is 18.5 Å². The Balaban J connectivity index is 1.28. The topological polar surface area (TPSA) is 169 Å². The number of aliphatic carboxylic acids is 1. The fraction of sp³-hybridized carbons (Fsp3) is 0.114. The number of ether oxygens (including phenoxy) is 2. The molecule has 0 aliphatic heterocycles. The number of rotatable bonds is 12. The molecular weight excluding hydrogens is 686 g/mol. The van der Waals surface area contributed by atoms with Gasteiger partial charge < -0.3 is 19.9 Å². The van der Waals surface area contributed by atoms with Gasteiger partial charge in [-0.3, -0.25) is 14.3 Å². The predicted octanol–water partition coefficient (Wildman–Crippen LogP) is 5.48. The Morgan fingerprint density at radius 3 is 2.22 bits per heavy atom. The zero-order valence-corrected chi connectivity index (χ0v) is 27.7. The molecule has 0 fully saturated rings. The summed E-state index contributed by atoms with van der Waals surface area (Å²) in [6, 6.07) is 16.2. The standard InChI is InChI=1S/C35H28F2N6O7S/c1-49-30-4-3-5-31(50-2)32(30)25-11-6-20(24-12-13-38-17-26(24)25)14-29(35(45)46)41-34(44)33-27(36)15-23(16-28(33)37)43(51(47)48)22-9-7-21(8-10-22)42-19-39-18-40-42/h3-13,15-19,29H,14H2,1-2H3,(H,41,44)(H,45,46)(H,47,48)/t29-/m0/s1. The number of benzene rings is 4. The number of fused-ring (bicyclic) bond motifs is 1. The van der Waals surface area contributed by atoms with E-state index in [1.807, 2.05) is 0 Å². The lowest BCUT2D eigenvalue weighted by Gasteiger charge is -2.22. The van der Waals surface area contributed by atoms with Gasteiger partial charge in [0.05, 0.1) is 36.8 Å². The summed E-state index contributed by atoms with van der Waals surface area (Å²) in [4.78, 5) is 33.7. The Labute approximate surface area is 291 Å². The van der Waals surface area contributed by atoms with Gasteiger partial charge in [0.2, 0.25) is 0 Å². The van der Waals surface area contributed by atoms with E-state index in [0.717, 1.165) is 4.31 Å². The van der Waals surface area contributed by atoms with Crippen molar-refractivity contribution in [2.24, 2.45) is 0 Å². The molecule has 6 rings (SSSR count). The number of amides is 1. The monoisotopic (exact) mass is 714 g/mol. The van der Waals surface area contributed by atoms with Crippen LogP contribution in [0.1, 0.15) is 15.9 Å². The molecule has 4 aromatic carbocycles. The van der Waals surface area contributed by atoms with E-state index < -0.39 is 46.4 Å². The van der Waals surface area contributed by atoms with Crippen molar-refractivity contribution in [2.45, 2.75) is 12.5 Å². The minimum Gasteiger partial charge on any atom is -0.496 e. The Morgan fingerprint density at radius 2 is 1.63 bits per heavy atom. The van der Waals surface area contributed by atoms with E-state index in [1.165, 1.54) is 49.9 Å². The number of carbonyl (C=O) groups is 2. The first-order valence-corrected chi connectivity index (χ1v) is 16.1. The van der Waals surface area contributed by atoms with Crippen LogP contribution in [0.4, 0.5) is 20.2 Å². The molecule has 0 saturated carbocycles. The molecule has 51 heavy (non-hydrogen) atoms. The average molecular weight is 715 g/mol. The van der Waals surface area contributed by atoms with Crippen LogP contribution in [0, 0.1) is 11.6 Å². The average Bonchev–Trinajstić information content (AvgIpc) is 3.66. The number of aromatic nitrogens is 4. The number of halogens is 2. The minimum absolute atomic E-state index is 0.0965. The van der Waals surface area contributed by atoms with Gasteiger partial charge in [0.25, 0.3) is 17.2 Å². The highest BCUT2D eigenvalue weighted by Crippen LogP contribution is 2.42. The quantitative estimate of drug-likeness (QED) is 0.138. The SMILES string of the molecule is COc1cccc(OC)c1-c1ccc(C[C@H](NC(=O)c2c(F)cc(N(c3ccc(-n4cncn4)cc3)S(=O)O)cc2F)C(=O)O)c2ccncc12. The van der Waals surface area contributed by atoms with E-state index in [0.29, 0.717) is 56.8 Å². The molecule has 13 nitrogen and oxygen atoms in total. The molecule has 0 bridgehead atoms. The molecule has 2 heterocycles. The number of carboxylic acid groups (broad SMARTS) is 1. The Morgan fingerprint density at radius 1 is 0.941 bits per heavy atom. The second-order valence-electron chi connectivity index (χ2n) is 11.0. The van der Waals surface area contributed by atoms with Gasteiger partial charge in [-0.05, 0) is 71.1 Å². The number of carbonyl (C=O) groups excluding carboxylic acids is 1. The van der Waals surface area contributed by atoms with Crippen LogP contribution in [0.15, 0.2) is 97.8 Å². The van der Waals surface area contributed by atoms with E-state index in [1.54, 1.807) is 54.7 Å². The summed E-state index contributed by atoms with van der Waals surface area (Å²) in [5, 5.41) is 17.5. The maximum Gasteiger partial charge on any atom is 0.326 e. The third kappa shape index (κ3) is 6.95. The lowest BCUT2D eigenvalue weighted by molar-refractivity contribution is -0.139. The molecule has 1 amide bonds. The molecule has 2 atom stereocenters. The molecule has 0 saturated heterocycles. The summed E-state index contributed by atoms with van der Waals surface area (Å²) in [5.74, 6) is -4.48. The van der Waals surface area contributed by atoms with Crippen LogP contribution >= 0.6 is 0 Å². The fourth-order valence-electron chi connectivity index (χ4n) is 5.72. The van der Waals surface area contributed by atoms with Crippen LogP contribution in [0.25, 0.3) is 27.6 Å². The minimum atomic E-state index is -2.78. The highest BCUT2D eigenvalue weighted by Gasteiger charge is 2.28. The predicted molar refractivity (Wildman–Crippen MR) is 184 cm³/mol. The van der Waals surface area contributed by atoms with Crippen molar-refractivity contribution in [3.05, 3.63) is 121 Å². The molecule has 0 radical (unpaired) electrons. The van der Waals surface area contributed by atoms with Gasteiger partial charge in [0, 0.05) is 24.2 Å². The molecule has 6 aromatic rings. The smallest absolute Gasteiger partial charge is 0.326 e. The van der Waals surface area contributed by atoms with Crippen LogP contribution in [-0.2, 0) is 22.5 Å². The molecule has 0 spiro atoms. The third-order valence-corrected chi connectivity index (χ3v) is 8.78. The second-order valence-corrected chi connectivity index (χ2v) is 11.8. The second kappa shape index (κ2) is 14.7. The maximum absolute atomic E-state index is 15.5. The number of anilines is 2. The van der Waals surface area contributed by atoms with E-state index in [9.17, 15) is 23.5 Å². The van der Waals surface area contributed by atoms with Gasteiger partial charge >= 0.3 is 5.97 Å². The number of hydrogen-bond donors (Lipinski definition) is 3. The third-order valence-electron chi connectivity index (χ3n) is 8.05. The number of nitrogens with one attached hydrogen (secondary N) is 1. The van der Waals surface area contributed by atoms with Crippen molar-refractivity contribution in [3.63, 3.8) is 0 Å². The lowest BCUT2D eigenvalue weighted by atomic mass is 9.92. The fourth-order valence-corrected chi connectivity index (χ4v) is 6.31. The Bertz CT molecular complexity index is 2230. The zero-order chi connectivity index (χ0) is 36.2. The molecular formula is C35H28F2N6O7S. The first kappa shape index (κ1) is 34.6. The molecule has 1 unspecified atom stereocenters. The van der Waals surface area contributed by atoms with Crippen LogP contribution < -0.4 is 19.1 Å². The van der Waals surface area contributed by atoms with Crippen molar-refractivity contribution in [3.8, 4) is 28.3 Å². The van der Waals surface area contributed by atoms with Gasteiger partial charge in [0.1, 0.15) is 47.4 Å². The van der Waals surface area contributed by atoms with Crippen LogP contribution in [0.3, 0.4) is 0 Å². The highest BCUT2D eigenvalue weighted by atomic mass is 32.2. The summed E-state index contributed by atoms with van der Waals surface area (Å²) in [6.07, 6.45) is 5.65. The normalized spacial score (nSPS) is 12.3. The molecule has 0 aliphatic carbocycles. The van der Waals surface area contributed by atoms with Crippen LogP contribution in [0.2, 0.25) is 0 Å². The van der Waals surface area contributed by atoms with Gasteiger partial charge in [-0.2, -0.15) is 5.10 Å². The van der Waals surface area contributed by atoms with E-state index in [2.05, 4.69) is 20.4 Å². The summed E-state index contributed by atoms with van der Waals surface area (Å²) >= 11 is -2.78. The molecule has 260 valence electrons. The zero-order valence-electron chi connectivity index (χ0n) is 26.9. The first-order chi connectivity index (χ1) is 24.6. The summed E-state index contributed by atoms with van der Waals surface area (Å²) in [5.41, 5.74) is 1.07. The number of carboxylic acids is 1. The van der Waals surface area contributed by atoms with Gasteiger partial charge in [-0.1, -0.05) is 18.2 Å². The maximum atomic E-state index is 15.5. The van der Waals surface area contributed by atoms with E-state index in [4.69, 9.17) is 9.47 Å². The van der Waals surface area contributed by atoms with Crippen molar-refractivity contribution in [1.82, 2.24) is 25.1 Å². The van der Waals surface area contributed by atoms with Gasteiger partial charge in [0.15, 0.2) is 0 Å².